The Morgan fingerprint density at radius 2 is 1.94 bits per heavy atom. The predicted octanol–water partition coefficient (Wildman–Crippen LogP) is 0.991. The van der Waals surface area contributed by atoms with E-state index < -0.39 is 11.9 Å². The van der Waals surface area contributed by atoms with Crippen molar-refractivity contribution in [2.45, 2.75) is 13.8 Å². The van der Waals surface area contributed by atoms with Crippen molar-refractivity contribution in [3.63, 3.8) is 0 Å². The van der Waals surface area contributed by atoms with Crippen LogP contribution in [-0.2, 0) is 14.3 Å². The largest absolute Gasteiger partial charge is 0.478 e. The van der Waals surface area contributed by atoms with Crippen LogP contribution in [0.25, 0.3) is 0 Å². The highest BCUT2D eigenvalue weighted by atomic mass is 16.5. The van der Waals surface area contributed by atoms with Crippen LogP contribution in [0.4, 0.5) is 0 Å². The van der Waals surface area contributed by atoms with Gasteiger partial charge in [0, 0.05) is 24.2 Å². The van der Waals surface area contributed by atoms with E-state index in [2.05, 4.69) is 17.9 Å². The van der Waals surface area contributed by atoms with Gasteiger partial charge >= 0.3 is 11.9 Å². The summed E-state index contributed by atoms with van der Waals surface area (Å²) in [5.41, 5.74) is 0.176. The highest BCUT2D eigenvalue weighted by Gasteiger charge is 2.01. The normalized spacial score (nSPS) is 10.4. The number of carboxylic acid groups (broad SMARTS) is 1. The first-order chi connectivity index (χ1) is 7.34. The van der Waals surface area contributed by atoms with Crippen LogP contribution >= 0.6 is 0 Å². The van der Waals surface area contributed by atoms with Crippen LogP contribution in [0.1, 0.15) is 13.8 Å². The van der Waals surface area contributed by atoms with Gasteiger partial charge in [-0.2, -0.15) is 0 Å². The summed E-state index contributed by atoms with van der Waals surface area (Å²) >= 11 is 0. The molecule has 0 amide bonds. The van der Waals surface area contributed by atoms with Gasteiger partial charge in [0.1, 0.15) is 0 Å². The Kier molecular flexibility index (Phi) is 10.4. The third-order valence-corrected chi connectivity index (χ3v) is 1.35. The zero-order chi connectivity index (χ0) is 13.1. The van der Waals surface area contributed by atoms with Crippen molar-refractivity contribution in [1.29, 1.82) is 0 Å². The Morgan fingerprint density at radius 1 is 1.50 bits per heavy atom. The standard InChI is InChI=1S/C7H12O3.C4H6O2/c1-3-7(9)10-5-6(2)4-8;1-3(2)4(5)6/h3,6,8H,1,4-5H2,2H3;1H2,2H3,(H,5,6). The van der Waals surface area contributed by atoms with E-state index in [4.69, 9.17) is 10.2 Å². The van der Waals surface area contributed by atoms with Crippen LogP contribution in [0.3, 0.4) is 0 Å². The van der Waals surface area contributed by atoms with Crippen molar-refractivity contribution in [2.75, 3.05) is 13.2 Å². The second-order valence-corrected chi connectivity index (χ2v) is 3.21. The van der Waals surface area contributed by atoms with E-state index in [1.807, 2.05) is 0 Å². The SMILES string of the molecule is C=C(C)C(=O)O.C=CC(=O)OCC(C)CO. The second-order valence-electron chi connectivity index (χ2n) is 3.21. The molecule has 92 valence electrons. The Bertz CT molecular complexity index is 245. The molecule has 0 bridgehead atoms. The third kappa shape index (κ3) is 12.4. The fraction of sp³-hybridized carbons (Fsp3) is 0.455. The molecule has 0 aromatic rings. The molecule has 16 heavy (non-hydrogen) atoms. The van der Waals surface area contributed by atoms with Crippen LogP contribution in [-0.4, -0.2) is 35.4 Å². The molecule has 1 unspecified atom stereocenters. The van der Waals surface area contributed by atoms with Crippen molar-refractivity contribution in [3.05, 3.63) is 24.8 Å². The molecule has 0 aliphatic heterocycles. The van der Waals surface area contributed by atoms with Crippen LogP contribution in [0.15, 0.2) is 24.8 Å². The van der Waals surface area contributed by atoms with Gasteiger partial charge < -0.3 is 14.9 Å². The highest BCUT2D eigenvalue weighted by Crippen LogP contribution is 1.93. The lowest BCUT2D eigenvalue weighted by Gasteiger charge is -2.06. The lowest BCUT2D eigenvalue weighted by atomic mass is 10.2. The lowest BCUT2D eigenvalue weighted by molar-refractivity contribution is -0.139. The van der Waals surface area contributed by atoms with Gasteiger partial charge in [0.25, 0.3) is 0 Å². The first kappa shape index (κ1) is 16.8. The number of carboxylic acids is 1. The molecule has 2 N–H and O–H groups in total. The molecule has 0 rings (SSSR count). The second kappa shape index (κ2) is 9.92. The monoisotopic (exact) mass is 230 g/mol. The van der Waals surface area contributed by atoms with Gasteiger partial charge in [-0.15, -0.1) is 0 Å². The minimum absolute atomic E-state index is 0.00361. The van der Waals surface area contributed by atoms with Crippen LogP contribution in [0.2, 0.25) is 0 Å². The average Bonchev–Trinajstić information content (AvgIpc) is 2.25. The number of hydrogen-bond acceptors (Lipinski definition) is 4. The quantitative estimate of drug-likeness (QED) is 0.543. The topological polar surface area (TPSA) is 83.8 Å². The average molecular weight is 230 g/mol. The number of aliphatic hydroxyl groups excluding tert-OH is 1. The smallest absolute Gasteiger partial charge is 0.330 e. The number of rotatable bonds is 5. The number of aliphatic carboxylic acids is 1. The minimum atomic E-state index is -0.935. The van der Waals surface area contributed by atoms with Crippen molar-refractivity contribution >= 4 is 11.9 Å². The summed E-state index contributed by atoms with van der Waals surface area (Å²) in [4.78, 5) is 20.0. The molecule has 0 saturated carbocycles. The van der Waals surface area contributed by atoms with Gasteiger partial charge in [-0.3, -0.25) is 0 Å². The molecule has 0 spiro atoms. The number of carbonyl (C=O) groups excluding carboxylic acids is 1. The summed E-state index contributed by atoms with van der Waals surface area (Å²) in [6.07, 6.45) is 1.10. The molecule has 0 fully saturated rings. The van der Waals surface area contributed by atoms with E-state index in [-0.39, 0.29) is 24.7 Å². The Hall–Kier alpha value is -1.62. The molecular weight excluding hydrogens is 212 g/mol. The zero-order valence-electron chi connectivity index (χ0n) is 9.60. The van der Waals surface area contributed by atoms with E-state index in [1.165, 1.54) is 6.92 Å². The Balaban J connectivity index is 0. The summed E-state index contributed by atoms with van der Waals surface area (Å²) in [5.74, 6) is -1.38. The molecule has 0 heterocycles. The number of ether oxygens (including phenoxy) is 1. The molecule has 0 aliphatic carbocycles. The summed E-state index contributed by atoms with van der Waals surface area (Å²) in [6.45, 7) is 9.90. The van der Waals surface area contributed by atoms with Crippen LogP contribution in [0.5, 0.6) is 0 Å². The number of carbonyl (C=O) groups is 2. The lowest BCUT2D eigenvalue weighted by Crippen LogP contribution is -2.12. The Morgan fingerprint density at radius 3 is 2.19 bits per heavy atom. The van der Waals surface area contributed by atoms with E-state index in [0.29, 0.717) is 0 Å². The highest BCUT2D eigenvalue weighted by molar-refractivity contribution is 5.84. The summed E-state index contributed by atoms with van der Waals surface area (Å²) in [6, 6.07) is 0. The maximum atomic E-state index is 10.4. The van der Waals surface area contributed by atoms with Crippen LogP contribution in [0, 0.1) is 5.92 Å². The third-order valence-electron chi connectivity index (χ3n) is 1.35. The first-order valence-electron chi connectivity index (χ1n) is 4.64. The van der Waals surface area contributed by atoms with Crippen molar-refractivity contribution in [3.8, 4) is 0 Å². The van der Waals surface area contributed by atoms with Crippen molar-refractivity contribution < 1.29 is 24.5 Å². The fourth-order valence-electron chi connectivity index (χ4n) is 0.336. The molecule has 1 atom stereocenters. The van der Waals surface area contributed by atoms with Crippen molar-refractivity contribution in [1.82, 2.24) is 0 Å². The van der Waals surface area contributed by atoms with Gasteiger partial charge in [-0.1, -0.05) is 20.1 Å². The first-order valence-corrected chi connectivity index (χ1v) is 4.64. The summed E-state index contributed by atoms with van der Waals surface area (Å²) < 4.78 is 4.63. The van der Waals surface area contributed by atoms with Gasteiger partial charge in [0.15, 0.2) is 0 Å². The van der Waals surface area contributed by atoms with Crippen molar-refractivity contribution in [2.24, 2.45) is 5.92 Å². The molecule has 0 radical (unpaired) electrons. The van der Waals surface area contributed by atoms with E-state index >= 15 is 0 Å². The molecule has 5 heteroatoms. The van der Waals surface area contributed by atoms with Crippen LogP contribution < -0.4 is 0 Å². The molecule has 0 aliphatic rings. The fourth-order valence-corrected chi connectivity index (χ4v) is 0.336. The number of esters is 1. The molecule has 0 aromatic carbocycles. The maximum absolute atomic E-state index is 10.4. The van der Waals surface area contributed by atoms with Gasteiger partial charge in [0.05, 0.1) is 6.61 Å². The summed E-state index contributed by atoms with van der Waals surface area (Å²) in [7, 11) is 0. The van der Waals surface area contributed by atoms with Gasteiger partial charge in [-0.25, -0.2) is 9.59 Å². The number of hydrogen-bond donors (Lipinski definition) is 2. The minimum Gasteiger partial charge on any atom is -0.478 e. The van der Waals surface area contributed by atoms with Gasteiger partial charge in [0.2, 0.25) is 0 Å². The zero-order valence-corrected chi connectivity index (χ0v) is 9.60. The maximum Gasteiger partial charge on any atom is 0.330 e. The Labute approximate surface area is 95.0 Å². The molecule has 0 aromatic heterocycles. The molecule has 0 saturated heterocycles. The summed E-state index contributed by atoms with van der Waals surface area (Å²) in [5, 5.41) is 16.4. The van der Waals surface area contributed by atoms with E-state index in [9.17, 15) is 9.59 Å². The number of aliphatic hydroxyl groups is 1. The van der Waals surface area contributed by atoms with E-state index in [1.54, 1.807) is 6.92 Å². The van der Waals surface area contributed by atoms with E-state index in [0.717, 1.165) is 6.08 Å². The van der Waals surface area contributed by atoms with Gasteiger partial charge in [-0.05, 0) is 6.92 Å². The molecular formula is C11H18O5. The molecule has 5 nitrogen and oxygen atoms in total. The predicted molar refractivity (Wildman–Crippen MR) is 59.9 cm³/mol.